The van der Waals surface area contributed by atoms with E-state index in [0.29, 0.717) is 10.2 Å². The minimum Gasteiger partial charge on any atom is -0.491 e. The maximum absolute atomic E-state index is 12.3. The Kier molecular flexibility index (Phi) is 7.71. The Morgan fingerprint density at radius 2 is 1.72 bits per heavy atom. The van der Waals surface area contributed by atoms with Gasteiger partial charge in [0.05, 0.1) is 18.5 Å². The number of anilines is 1. The predicted octanol–water partition coefficient (Wildman–Crippen LogP) is 3.71. The Morgan fingerprint density at radius 3 is 2.34 bits per heavy atom. The number of benzene rings is 2. The number of ether oxygens (including phenoxy) is 1. The van der Waals surface area contributed by atoms with Crippen molar-refractivity contribution in [2.24, 2.45) is 0 Å². The summed E-state index contributed by atoms with van der Waals surface area (Å²) >= 11 is 3.33. The van der Waals surface area contributed by atoms with Gasteiger partial charge < -0.3 is 10.1 Å². The van der Waals surface area contributed by atoms with Gasteiger partial charge in [-0.25, -0.2) is 8.42 Å². The van der Waals surface area contributed by atoms with Crippen LogP contribution in [0.2, 0.25) is 0 Å². The molecule has 0 aliphatic heterocycles. The van der Waals surface area contributed by atoms with E-state index in [4.69, 9.17) is 4.74 Å². The molecule has 0 heterocycles. The van der Waals surface area contributed by atoms with Gasteiger partial charge in [0.2, 0.25) is 15.9 Å². The number of sulfonamides is 1. The molecule has 0 bridgehead atoms. The lowest BCUT2D eigenvalue weighted by Crippen LogP contribution is -2.41. The lowest BCUT2D eigenvalue weighted by atomic mass is 9.86. The van der Waals surface area contributed by atoms with Crippen LogP contribution in [-0.2, 0) is 20.2 Å². The summed E-state index contributed by atoms with van der Waals surface area (Å²) in [7, 11) is -3.62. The van der Waals surface area contributed by atoms with E-state index in [0.717, 1.165) is 21.9 Å². The third kappa shape index (κ3) is 6.75. The van der Waals surface area contributed by atoms with Gasteiger partial charge in [0.1, 0.15) is 18.9 Å². The molecule has 29 heavy (non-hydrogen) atoms. The van der Waals surface area contributed by atoms with E-state index < -0.39 is 15.9 Å². The minimum atomic E-state index is -3.62. The number of nitrogens with one attached hydrogen (secondary N) is 1. The lowest BCUT2D eigenvalue weighted by Gasteiger charge is -2.23. The van der Waals surface area contributed by atoms with E-state index in [2.05, 4.69) is 42.0 Å². The van der Waals surface area contributed by atoms with Crippen molar-refractivity contribution in [2.75, 3.05) is 30.3 Å². The second-order valence-corrected chi connectivity index (χ2v) is 10.4. The average Bonchev–Trinajstić information content (AvgIpc) is 2.63. The van der Waals surface area contributed by atoms with E-state index in [9.17, 15) is 13.2 Å². The van der Waals surface area contributed by atoms with Gasteiger partial charge in [0, 0.05) is 4.47 Å². The predicted molar refractivity (Wildman–Crippen MR) is 120 cm³/mol. The number of rotatable bonds is 8. The zero-order chi connectivity index (χ0) is 21.7. The standard InChI is InChI=1S/C21H27BrN2O4S/c1-21(2,3)16-9-5-8-12-19(16)28-14-13-23-20(25)15-24(29(4,26)27)18-11-7-6-10-17(18)22/h5-12H,13-15H2,1-4H3,(H,23,25). The highest BCUT2D eigenvalue weighted by atomic mass is 79.9. The number of nitrogens with zero attached hydrogens (tertiary/aromatic N) is 1. The highest BCUT2D eigenvalue weighted by Gasteiger charge is 2.22. The maximum Gasteiger partial charge on any atom is 0.240 e. The molecule has 2 aromatic carbocycles. The molecule has 0 aliphatic carbocycles. The van der Waals surface area contributed by atoms with Crippen molar-refractivity contribution in [3.8, 4) is 5.75 Å². The van der Waals surface area contributed by atoms with E-state index in [1.54, 1.807) is 24.3 Å². The molecular formula is C21H27BrN2O4S. The quantitative estimate of drug-likeness (QED) is 0.581. The molecule has 0 saturated carbocycles. The third-order valence-electron chi connectivity index (χ3n) is 4.19. The minimum absolute atomic E-state index is 0.0566. The highest BCUT2D eigenvalue weighted by molar-refractivity contribution is 9.10. The normalized spacial score (nSPS) is 11.8. The van der Waals surface area contributed by atoms with E-state index in [1.165, 1.54) is 0 Å². The van der Waals surface area contributed by atoms with Crippen molar-refractivity contribution >= 4 is 37.5 Å². The molecule has 0 radical (unpaired) electrons. The molecule has 0 unspecified atom stereocenters. The molecule has 0 aliphatic rings. The van der Waals surface area contributed by atoms with Gasteiger partial charge in [-0.05, 0) is 45.1 Å². The smallest absolute Gasteiger partial charge is 0.240 e. The molecule has 6 nitrogen and oxygen atoms in total. The van der Waals surface area contributed by atoms with Gasteiger partial charge in [-0.2, -0.15) is 0 Å². The molecule has 1 amide bonds. The highest BCUT2D eigenvalue weighted by Crippen LogP contribution is 2.31. The summed E-state index contributed by atoms with van der Waals surface area (Å²) in [6.45, 7) is 6.58. The van der Waals surface area contributed by atoms with E-state index in [-0.39, 0.29) is 25.1 Å². The first-order valence-electron chi connectivity index (χ1n) is 9.21. The van der Waals surface area contributed by atoms with Gasteiger partial charge in [0.25, 0.3) is 0 Å². The van der Waals surface area contributed by atoms with Gasteiger partial charge in [-0.3, -0.25) is 9.10 Å². The number of hydrogen-bond acceptors (Lipinski definition) is 4. The number of para-hydroxylation sites is 2. The molecule has 2 aromatic rings. The third-order valence-corrected chi connectivity index (χ3v) is 5.98. The summed E-state index contributed by atoms with van der Waals surface area (Å²) in [5, 5.41) is 2.72. The van der Waals surface area contributed by atoms with Crippen LogP contribution in [-0.4, -0.2) is 40.3 Å². The monoisotopic (exact) mass is 482 g/mol. The van der Waals surface area contributed by atoms with Crippen LogP contribution in [0.4, 0.5) is 5.69 Å². The Bertz CT molecular complexity index is 955. The molecular weight excluding hydrogens is 456 g/mol. The van der Waals surface area contributed by atoms with Gasteiger partial charge in [-0.15, -0.1) is 0 Å². The van der Waals surface area contributed by atoms with Crippen LogP contribution >= 0.6 is 15.9 Å². The Hall–Kier alpha value is -2.06. The summed E-state index contributed by atoms with van der Waals surface area (Å²) in [6, 6.07) is 14.7. The fraction of sp³-hybridized carbons (Fsp3) is 0.381. The zero-order valence-electron chi connectivity index (χ0n) is 17.1. The first kappa shape index (κ1) is 23.2. The van der Waals surface area contributed by atoms with Crippen LogP contribution in [0.3, 0.4) is 0 Å². The van der Waals surface area contributed by atoms with Crippen molar-refractivity contribution in [1.82, 2.24) is 5.32 Å². The summed E-state index contributed by atoms with van der Waals surface area (Å²) in [5.41, 5.74) is 1.45. The molecule has 0 aromatic heterocycles. The Labute approximate surface area is 181 Å². The molecule has 0 atom stereocenters. The van der Waals surface area contributed by atoms with Crippen molar-refractivity contribution < 1.29 is 17.9 Å². The second-order valence-electron chi connectivity index (χ2n) is 7.67. The Balaban J connectivity index is 1.95. The average molecular weight is 483 g/mol. The summed E-state index contributed by atoms with van der Waals surface area (Å²) in [6.07, 6.45) is 1.08. The van der Waals surface area contributed by atoms with Crippen LogP contribution in [0.1, 0.15) is 26.3 Å². The molecule has 2 rings (SSSR count). The van der Waals surface area contributed by atoms with Gasteiger partial charge >= 0.3 is 0 Å². The van der Waals surface area contributed by atoms with Crippen LogP contribution in [0.15, 0.2) is 53.0 Å². The molecule has 0 fully saturated rings. The summed E-state index contributed by atoms with van der Waals surface area (Å²) in [4.78, 5) is 12.3. The fourth-order valence-electron chi connectivity index (χ4n) is 2.78. The van der Waals surface area contributed by atoms with Crippen LogP contribution < -0.4 is 14.4 Å². The van der Waals surface area contributed by atoms with E-state index in [1.807, 2.05) is 24.3 Å². The maximum atomic E-state index is 12.3. The molecule has 0 spiro atoms. The number of carbonyl (C=O) groups excluding carboxylic acids is 1. The molecule has 1 N–H and O–H groups in total. The van der Waals surface area contributed by atoms with Crippen molar-refractivity contribution in [2.45, 2.75) is 26.2 Å². The molecule has 8 heteroatoms. The first-order chi connectivity index (χ1) is 13.5. The lowest BCUT2D eigenvalue weighted by molar-refractivity contribution is -0.119. The first-order valence-corrected chi connectivity index (χ1v) is 11.9. The van der Waals surface area contributed by atoms with Crippen LogP contribution in [0.5, 0.6) is 5.75 Å². The number of halogens is 1. The molecule has 0 saturated heterocycles. The van der Waals surface area contributed by atoms with Crippen molar-refractivity contribution in [3.05, 3.63) is 58.6 Å². The van der Waals surface area contributed by atoms with Crippen molar-refractivity contribution in [3.63, 3.8) is 0 Å². The largest absolute Gasteiger partial charge is 0.491 e. The topological polar surface area (TPSA) is 75.7 Å². The second kappa shape index (κ2) is 9.63. The summed E-state index contributed by atoms with van der Waals surface area (Å²) in [5.74, 6) is 0.374. The van der Waals surface area contributed by atoms with Gasteiger partial charge in [-0.1, -0.05) is 51.1 Å². The zero-order valence-corrected chi connectivity index (χ0v) is 19.5. The Morgan fingerprint density at radius 1 is 1.10 bits per heavy atom. The number of amides is 1. The van der Waals surface area contributed by atoms with Gasteiger partial charge in [0.15, 0.2) is 0 Å². The van der Waals surface area contributed by atoms with Crippen molar-refractivity contribution in [1.29, 1.82) is 0 Å². The summed E-state index contributed by atoms with van der Waals surface area (Å²) < 4.78 is 31.8. The number of hydrogen-bond donors (Lipinski definition) is 1. The molecule has 158 valence electrons. The fourth-order valence-corrected chi connectivity index (χ4v) is 4.27. The van der Waals surface area contributed by atoms with Crippen LogP contribution in [0, 0.1) is 0 Å². The van der Waals surface area contributed by atoms with E-state index >= 15 is 0 Å². The van der Waals surface area contributed by atoms with Crippen LogP contribution in [0.25, 0.3) is 0 Å². The SMILES string of the molecule is CC(C)(C)c1ccccc1OCCNC(=O)CN(c1ccccc1Br)S(C)(=O)=O. The number of carbonyl (C=O) groups is 1.